The average molecular weight is 645 g/mol. The monoisotopic (exact) mass is 644 g/mol. The Morgan fingerprint density at radius 1 is 0.875 bits per heavy atom. The second-order valence-electron chi connectivity index (χ2n) is 12.7. The van der Waals surface area contributed by atoms with Crippen molar-refractivity contribution in [1.82, 2.24) is 25.1 Å². The second-order valence-corrected chi connectivity index (χ2v) is 12.7. The number of halogens is 1. The lowest BCUT2D eigenvalue weighted by Gasteiger charge is -2.32. The number of likely N-dealkylation sites (N-methyl/N-ethyl adjacent to an activating group) is 1. The lowest BCUT2D eigenvalue weighted by molar-refractivity contribution is 0.102. The average Bonchev–Trinajstić information content (AvgIpc) is 3.11. The number of hydrogen-bond donors (Lipinski definition) is 3. The van der Waals surface area contributed by atoms with Crippen LogP contribution in [0.5, 0.6) is 0 Å². The van der Waals surface area contributed by atoms with E-state index in [1.165, 1.54) is 11.8 Å². The van der Waals surface area contributed by atoms with Crippen LogP contribution in [0.3, 0.4) is 0 Å². The van der Waals surface area contributed by atoms with E-state index in [2.05, 4.69) is 73.0 Å². The molecule has 0 saturated carbocycles. The predicted octanol–water partition coefficient (Wildman–Crippen LogP) is 5.90. The minimum Gasteiger partial charge on any atom is -0.369 e. The lowest BCUT2D eigenvalue weighted by atomic mass is 9.98. The van der Waals surface area contributed by atoms with Gasteiger partial charge in [-0.1, -0.05) is 18.2 Å². The van der Waals surface area contributed by atoms with E-state index < -0.39 is 0 Å². The number of fused-ring (bicyclic) bond motifs is 1. The lowest BCUT2D eigenvalue weighted by Crippen LogP contribution is -2.44. The van der Waals surface area contributed by atoms with Crippen molar-refractivity contribution in [3.8, 4) is 11.1 Å². The highest BCUT2D eigenvalue weighted by Gasteiger charge is 2.17. The van der Waals surface area contributed by atoms with Crippen LogP contribution in [0.15, 0.2) is 85.1 Å². The van der Waals surface area contributed by atoms with E-state index >= 15 is 4.39 Å². The maximum absolute atomic E-state index is 15.0. The van der Waals surface area contributed by atoms with Crippen molar-refractivity contribution < 1.29 is 9.18 Å². The standard InChI is InChI=1S/C38H41FN8O/c1-26-3-7-32(42-37(48)28-4-5-29(35(39)22-28)25-46-19-17-45(2)18-20-46)23-34(26)27-6-12-36-30(21-27)24-41-38(44-36)43-31-8-10-33(11-9-31)47-15-13-40-14-16-47/h3-12,21-24,40H,13-20,25H2,1-2H3,(H,42,48)(H,41,43,44). The second kappa shape index (κ2) is 14.1. The minimum atomic E-state index is -0.355. The SMILES string of the molecule is Cc1ccc(NC(=O)c2ccc(CN3CCN(C)CC3)c(F)c2)cc1-c1ccc2nc(Nc3ccc(N4CCNCC4)cc3)ncc2c1. The molecule has 0 bridgehead atoms. The molecule has 48 heavy (non-hydrogen) atoms. The van der Waals surface area contributed by atoms with Crippen LogP contribution < -0.4 is 20.9 Å². The fourth-order valence-electron chi connectivity index (χ4n) is 6.35. The van der Waals surface area contributed by atoms with Crippen LogP contribution in [-0.2, 0) is 6.54 Å². The summed E-state index contributed by atoms with van der Waals surface area (Å²) in [4.78, 5) is 29.4. The number of nitrogens with one attached hydrogen (secondary N) is 3. The van der Waals surface area contributed by atoms with Crippen LogP contribution in [-0.4, -0.2) is 85.1 Å². The summed E-state index contributed by atoms with van der Waals surface area (Å²) in [6.45, 7) is 10.4. The number of benzene rings is 4. The highest BCUT2D eigenvalue weighted by molar-refractivity contribution is 6.04. The quantitative estimate of drug-likeness (QED) is 0.193. The first-order valence-electron chi connectivity index (χ1n) is 16.6. The van der Waals surface area contributed by atoms with Crippen molar-refractivity contribution in [2.45, 2.75) is 13.5 Å². The summed E-state index contributed by atoms with van der Waals surface area (Å²) < 4.78 is 15.0. The Bertz CT molecular complexity index is 1920. The smallest absolute Gasteiger partial charge is 0.255 e. The molecule has 9 nitrogen and oxygen atoms in total. The highest BCUT2D eigenvalue weighted by Crippen LogP contribution is 2.30. The van der Waals surface area contributed by atoms with E-state index in [1.54, 1.807) is 12.1 Å². The largest absolute Gasteiger partial charge is 0.369 e. The van der Waals surface area contributed by atoms with Crippen LogP contribution in [0.1, 0.15) is 21.5 Å². The number of carbonyl (C=O) groups excluding carboxylic acids is 1. The number of carbonyl (C=O) groups is 1. The molecule has 5 aromatic rings. The summed E-state index contributed by atoms with van der Waals surface area (Å²) >= 11 is 0. The predicted molar refractivity (Wildman–Crippen MR) is 192 cm³/mol. The van der Waals surface area contributed by atoms with E-state index in [9.17, 15) is 4.79 Å². The van der Waals surface area contributed by atoms with Gasteiger partial charge in [-0.15, -0.1) is 0 Å². The fourth-order valence-corrected chi connectivity index (χ4v) is 6.35. The first-order chi connectivity index (χ1) is 23.4. The van der Waals surface area contributed by atoms with Crippen molar-refractivity contribution in [1.29, 1.82) is 0 Å². The number of amides is 1. The number of piperazine rings is 2. The van der Waals surface area contributed by atoms with Gasteiger partial charge in [-0.05, 0) is 91.3 Å². The zero-order chi connectivity index (χ0) is 33.0. The van der Waals surface area contributed by atoms with Gasteiger partial charge in [0.05, 0.1) is 5.52 Å². The number of anilines is 4. The summed E-state index contributed by atoms with van der Waals surface area (Å²) in [5, 5.41) is 10.6. The third-order valence-electron chi connectivity index (χ3n) is 9.30. The van der Waals surface area contributed by atoms with Gasteiger partial charge < -0.3 is 25.8 Å². The summed E-state index contributed by atoms with van der Waals surface area (Å²) in [7, 11) is 2.10. The molecule has 2 saturated heterocycles. The van der Waals surface area contributed by atoms with Crippen LogP contribution in [0.25, 0.3) is 22.0 Å². The van der Waals surface area contributed by atoms with Crippen LogP contribution in [0.4, 0.5) is 27.4 Å². The molecule has 0 atom stereocenters. The van der Waals surface area contributed by atoms with Crippen molar-refractivity contribution >= 4 is 39.8 Å². The van der Waals surface area contributed by atoms with E-state index in [1.807, 2.05) is 43.5 Å². The summed E-state index contributed by atoms with van der Waals surface area (Å²) in [6, 6.07) is 25.0. The van der Waals surface area contributed by atoms with Gasteiger partial charge in [0.15, 0.2) is 0 Å². The van der Waals surface area contributed by atoms with Crippen molar-refractivity contribution in [2.24, 2.45) is 0 Å². The number of hydrogen-bond acceptors (Lipinski definition) is 8. The summed E-state index contributed by atoms with van der Waals surface area (Å²) in [6.07, 6.45) is 1.83. The Hall–Kier alpha value is -4.90. The molecule has 0 unspecified atom stereocenters. The summed E-state index contributed by atoms with van der Waals surface area (Å²) in [5.41, 5.74) is 7.55. The van der Waals surface area contributed by atoms with Crippen LogP contribution in [0.2, 0.25) is 0 Å². The topological polar surface area (TPSA) is 88.7 Å². The zero-order valence-corrected chi connectivity index (χ0v) is 27.5. The molecule has 2 fully saturated rings. The molecule has 3 heterocycles. The molecule has 246 valence electrons. The van der Waals surface area contributed by atoms with E-state index in [0.29, 0.717) is 29.3 Å². The molecular weight excluding hydrogens is 603 g/mol. The maximum Gasteiger partial charge on any atom is 0.255 e. The normalized spacial score (nSPS) is 15.9. The Labute approximate surface area is 280 Å². The summed E-state index contributed by atoms with van der Waals surface area (Å²) in [5.74, 6) is -0.165. The minimum absolute atomic E-state index is 0.291. The third kappa shape index (κ3) is 7.31. The van der Waals surface area contributed by atoms with Gasteiger partial charge in [0.25, 0.3) is 5.91 Å². The van der Waals surface area contributed by atoms with Crippen LogP contribution in [0, 0.1) is 12.7 Å². The van der Waals surface area contributed by atoms with Gasteiger partial charge in [-0.25, -0.2) is 14.4 Å². The molecule has 2 aliphatic heterocycles. The third-order valence-corrected chi connectivity index (χ3v) is 9.30. The molecule has 4 aromatic carbocycles. The molecule has 10 heteroatoms. The highest BCUT2D eigenvalue weighted by atomic mass is 19.1. The molecule has 0 radical (unpaired) electrons. The number of aromatic nitrogens is 2. The first kappa shape index (κ1) is 31.7. The zero-order valence-electron chi connectivity index (χ0n) is 27.5. The Balaban J connectivity index is 1.02. The molecular formula is C38H41FN8O. The maximum atomic E-state index is 15.0. The number of rotatable bonds is 8. The Morgan fingerprint density at radius 3 is 2.42 bits per heavy atom. The van der Waals surface area contributed by atoms with Gasteiger partial charge in [0.1, 0.15) is 5.82 Å². The molecule has 0 aliphatic carbocycles. The van der Waals surface area contributed by atoms with Crippen molar-refractivity contribution in [3.05, 3.63) is 108 Å². The molecule has 3 N–H and O–H groups in total. The fraction of sp³-hybridized carbons (Fsp3) is 0.289. The molecule has 0 spiro atoms. The molecule has 2 aliphatic rings. The molecule has 1 amide bonds. The van der Waals surface area contributed by atoms with Crippen molar-refractivity contribution in [3.63, 3.8) is 0 Å². The van der Waals surface area contributed by atoms with Gasteiger partial charge in [0, 0.05) is 98.7 Å². The first-order valence-corrected chi connectivity index (χ1v) is 16.6. The van der Waals surface area contributed by atoms with Crippen molar-refractivity contribution in [2.75, 3.05) is 74.9 Å². The van der Waals surface area contributed by atoms with E-state index in [0.717, 1.165) is 85.6 Å². The van der Waals surface area contributed by atoms with Gasteiger partial charge in [-0.3, -0.25) is 9.69 Å². The molecule has 1 aromatic heterocycles. The Kier molecular flexibility index (Phi) is 9.29. The number of nitrogens with zero attached hydrogens (tertiary/aromatic N) is 5. The van der Waals surface area contributed by atoms with E-state index in [-0.39, 0.29) is 11.7 Å². The van der Waals surface area contributed by atoms with Crippen LogP contribution >= 0.6 is 0 Å². The van der Waals surface area contributed by atoms with Gasteiger partial charge in [-0.2, -0.15) is 0 Å². The van der Waals surface area contributed by atoms with Gasteiger partial charge in [0.2, 0.25) is 5.95 Å². The van der Waals surface area contributed by atoms with Gasteiger partial charge >= 0.3 is 0 Å². The Morgan fingerprint density at radius 2 is 1.65 bits per heavy atom. The molecule has 7 rings (SSSR count). The number of aryl methyl sites for hydroxylation is 1. The van der Waals surface area contributed by atoms with E-state index in [4.69, 9.17) is 4.98 Å².